The van der Waals surface area contributed by atoms with Crippen molar-refractivity contribution in [3.8, 4) is 0 Å². The molecule has 3 fully saturated rings. The summed E-state index contributed by atoms with van der Waals surface area (Å²) in [5.41, 5.74) is 0.823. The third-order valence-electron chi connectivity index (χ3n) is 8.24. The molecule has 0 aliphatic carbocycles. The van der Waals surface area contributed by atoms with E-state index in [1.807, 2.05) is 0 Å². The van der Waals surface area contributed by atoms with Crippen molar-refractivity contribution in [3.05, 3.63) is 29.3 Å². The minimum absolute atomic E-state index is 0.0962. The third kappa shape index (κ3) is 4.68. The van der Waals surface area contributed by atoms with Crippen molar-refractivity contribution in [3.63, 3.8) is 0 Å². The van der Waals surface area contributed by atoms with E-state index in [0.29, 0.717) is 17.0 Å². The molecule has 3 saturated heterocycles. The van der Waals surface area contributed by atoms with Gasteiger partial charge >= 0.3 is 0 Å². The summed E-state index contributed by atoms with van der Waals surface area (Å²) in [6.07, 6.45) is 6.27. The number of imide groups is 1. The molecule has 1 aromatic carbocycles. The van der Waals surface area contributed by atoms with Gasteiger partial charge < -0.3 is 9.80 Å². The fraction of sp³-hybridized carbons (Fsp3) is 0.680. The molecule has 3 heterocycles. The SMILES string of the molecule is CCC1(CC)CCN(C[C@@H]2CCN(c3cc(F)c(C4CCC(=O)NC4=O)c(F)c3)C2)CC1. The number of nitrogens with one attached hydrogen (secondary N) is 1. The summed E-state index contributed by atoms with van der Waals surface area (Å²) >= 11 is 0. The van der Waals surface area contributed by atoms with Crippen LogP contribution >= 0.6 is 0 Å². The Hall–Kier alpha value is -2.02. The molecule has 2 amide bonds. The molecule has 0 aromatic heterocycles. The van der Waals surface area contributed by atoms with E-state index in [2.05, 4.69) is 29.0 Å². The van der Waals surface area contributed by atoms with E-state index in [9.17, 15) is 18.4 Å². The number of anilines is 1. The average molecular weight is 448 g/mol. The maximum atomic E-state index is 14.9. The van der Waals surface area contributed by atoms with Crippen LogP contribution in [0.3, 0.4) is 0 Å². The van der Waals surface area contributed by atoms with Crippen LogP contribution < -0.4 is 10.2 Å². The third-order valence-corrected chi connectivity index (χ3v) is 8.24. The van der Waals surface area contributed by atoms with E-state index in [-0.39, 0.29) is 18.4 Å². The zero-order valence-corrected chi connectivity index (χ0v) is 19.3. The van der Waals surface area contributed by atoms with Crippen LogP contribution in [0.2, 0.25) is 0 Å². The molecule has 0 bridgehead atoms. The number of piperidine rings is 2. The van der Waals surface area contributed by atoms with Gasteiger partial charge in [-0.25, -0.2) is 8.78 Å². The Morgan fingerprint density at radius 3 is 2.28 bits per heavy atom. The fourth-order valence-electron chi connectivity index (χ4n) is 5.80. The lowest BCUT2D eigenvalue weighted by Gasteiger charge is -2.41. The summed E-state index contributed by atoms with van der Waals surface area (Å²) < 4.78 is 29.8. The van der Waals surface area contributed by atoms with Crippen LogP contribution in [0.25, 0.3) is 0 Å². The minimum atomic E-state index is -0.953. The number of nitrogens with zero attached hydrogens (tertiary/aromatic N) is 2. The number of rotatable bonds is 6. The highest BCUT2D eigenvalue weighted by atomic mass is 19.1. The smallest absolute Gasteiger partial charge is 0.234 e. The molecule has 1 unspecified atom stereocenters. The van der Waals surface area contributed by atoms with Crippen molar-refractivity contribution in [1.82, 2.24) is 10.2 Å². The molecule has 3 aliphatic heterocycles. The van der Waals surface area contributed by atoms with Crippen molar-refractivity contribution in [2.24, 2.45) is 11.3 Å². The summed E-state index contributed by atoms with van der Waals surface area (Å²) in [6.45, 7) is 9.50. The first kappa shape index (κ1) is 23.1. The van der Waals surface area contributed by atoms with Crippen molar-refractivity contribution in [1.29, 1.82) is 0 Å². The molecular weight excluding hydrogens is 412 g/mol. The number of amides is 2. The predicted molar refractivity (Wildman–Crippen MR) is 120 cm³/mol. The van der Waals surface area contributed by atoms with Gasteiger partial charge in [-0.2, -0.15) is 0 Å². The van der Waals surface area contributed by atoms with Gasteiger partial charge in [0.1, 0.15) is 11.6 Å². The molecule has 0 spiro atoms. The highest BCUT2D eigenvalue weighted by molar-refractivity contribution is 6.01. The van der Waals surface area contributed by atoms with E-state index in [0.717, 1.165) is 39.1 Å². The summed E-state index contributed by atoms with van der Waals surface area (Å²) in [6, 6.07) is 2.70. The number of halogens is 2. The highest BCUT2D eigenvalue weighted by Gasteiger charge is 2.35. The second-order valence-electron chi connectivity index (χ2n) is 9.94. The number of hydrogen-bond acceptors (Lipinski definition) is 4. The average Bonchev–Trinajstić information content (AvgIpc) is 3.24. The summed E-state index contributed by atoms with van der Waals surface area (Å²) in [4.78, 5) is 28.0. The van der Waals surface area contributed by atoms with Crippen molar-refractivity contribution in [2.75, 3.05) is 37.6 Å². The molecule has 5 nitrogen and oxygen atoms in total. The Bertz CT molecular complexity index is 838. The molecule has 0 saturated carbocycles. The molecule has 32 heavy (non-hydrogen) atoms. The molecule has 1 N–H and O–H groups in total. The van der Waals surface area contributed by atoms with Crippen LogP contribution in [-0.4, -0.2) is 49.4 Å². The first-order chi connectivity index (χ1) is 15.3. The number of carbonyl (C=O) groups excluding carboxylic acids is 2. The maximum absolute atomic E-state index is 14.9. The van der Waals surface area contributed by atoms with Gasteiger partial charge in [0.05, 0.1) is 5.92 Å². The van der Waals surface area contributed by atoms with Gasteiger partial charge in [0.2, 0.25) is 11.8 Å². The van der Waals surface area contributed by atoms with Gasteiger partial charge in [-0.1, -0.05) is 26.7 Å². The second kappa shape index (κ2) is 9.46. The van der Waals surface area contributed by atoms with Crippen LogP contribution in [0, 0.1) is 23.0 Å². The molecule has 176 valence electrons. The molecule has 0 radical (unpaired) electrons. The molecule has 3 aliphatic rings. The first-order valence-corrected chi connectivity index (χ1v) is 12.1. The molecule has 2 atom stereocenters. The minimum Gasteiger partial charge on any atom is -0.371 e. The highest BCUT2D eigenvalue weighted by Crippen LogP contribution is 2.39. The van der Waals surface area contributed by atoms with Crippen molar-refractivity contribution < 1.29 is 18.4 Å². The van der Waals surface area contributed by atoms with Crippen LogP contribution in [0.5, 0.6) is 0 Å². The second-order valence-corrected chi connectivity index (χ2v) is 9.94. The number of likely N-dealkylation sites (tertiary alicyclic amines) is 1. The molecule has 4 rings (SSSR count). The van der Waals surface area contributed by atoms with Crippen LogP contribution in [0.1, 0.15) is 70.3 Å². The standard InChI is InChI=1S/C25H35F2N3O2/c1-3-25(4-2)8-11-29(12-9-25)15-17-7-10-30(16-17)18-13-20(26)23(21(27)14-18)19-5-6-22(31)28-24(19)32/h13-14,17,19H,3-12,15-16H2,1-2H3,(H,28,31,32)/t17-,19?/m0/s1. The zero-order chi connectivity index (χ0) is 22.9. The number of hydrogen-bond donors (Lipinski definition) is 1. The lowest BCUT2D eigenvalue weighted by atomic mass is 9.74. The van der Waals surface area contributed by atoms with E-state index in [4.69, 9.17) is 0 Å². The lowest BCUT2D eigenvalue weighted by Crippen LogP contribution is -2.42. The summed E-state index contributed by atoms with van der Waals surface area (Å²) in [5, 5.41) is 2.18. The molecule has 1 aromatic rings. The Kier molecular flexibility index (Phi) is 6.84. The Labute approximate surface area is 189 Å². The van der Waals surface area contributed by atoms with Gasteiger partial charge in [-0.3, -0.25) is 14.9 Å². The van der Waals surface area contributed by atoms with Crippen LogP contribution in [0.4, 0.5) is 14.5 Å². The fourth-order valence-corrected chi connectivity index (χ4v) is 5.80. The zero-order valence-electron chi connectivity index (χ0n) is 19.3. The lowest BCUT2D eigenvalue weighted by molar-refractivity contribution is -0.134. The predicted octanol–water partition coefficient (Wildman–Crippen LogP) is 4.21. The number of benzene rings is 1. The van der Waals surface area contributed by atoms with Gasteiger partial charge in [0.25, 0.3) is 0 Å². The van der Waals surface area contributed by atoms with Gasteiger partial charge in [-0.05, 0) is 62.2 Å². The van der Waals surface area contributed by atoms with Gasteiger partial charge in [-0.15, -0.1) is 0 Å². The van der Waals surface area contributed by atoms with E-state index >= 15 is 0 Å². The monoisotopic (exact) mass is 447 g/mol. The Morgan fingerprint density at radius 2 is 1.69 bits per heavy atom. The Balaban J connectivity index is 1.37. The van der Waals surface area contributed by atoms with E-state index in [1.54, 1.807) is 0 Å². The van der Waals surface area contributed by atoms with Crippen molar-refractivity contribution in [2.45, 2.75) is 64.7 Å². The Morgan fingerprint density at radius 1 is 1.03 bits per heavy atom. The summed E-state index contributed by atoms with van der Waals surface area (Å²) in [5.74, 6) is -2.88. The number of carbonyl (C=O) groups is 2. The van der Waals surface area contributed by atoms with Gasteiger partial charge in [0.15, 0.2) is 0 Å². The summed E-state index contributed by atoms with van der Waals surface area (Å²) in [7, 11) is 0. The topological polar surface area (TPSA) is 52.6 Å². The van der Waals surface area contributed by atoms with Gasteiger partial charge in [0, 0.05) is 37.3 Å². The first-order valence-electron chi connectivity index (χ1n) is 12.1. The van der Waals surface area contributed by atoms with Crippen LogP contribution in [0.15, 0.2) is 12.1 Å². The molecule has 7 heteroatoms. The maximum Gasteiger partial charge on any atom is 0.234 e. The van der Waals surface area contributed by atoms with E-state index < -0.39 is 29.4 Å². The van der Waals surface area contributed by atoms with Crippen molar-refractivity contribution >= 4 is 17.5 Å². The normalized spacial score (nSPS) is 26.4. The largest absolute Gasteiger partial charge is 0.371 e. The van der Waals surface area contributed by atoms with Crippen LogP contribution in [-0.2, 0) is 9.59 Å². The molecular formula is C25H35F2N3O2. The quantitative estimate of drug-likeness (QED) is 0.664. The van der Waals surface area contributed by atoms with E-state index in [1.165, 1.54) is 37.8 Å².